The number of likely N-dealkylation sites (N-methyl/N-ethyl adjacent to an activating group) is 1. The maximum Gasteiger partial charge on any atom is 0.249 e. The van der Waals surface area contributed by atoms with Gasteiger partial charge in [-0.2, -0.15) is 0 Å². The Kier molecular flexibility index (Phi) is 3.60. The number of rotatable bonds is 4. The molecule has 1 N–H and O–H groups in total. The highest BCUT2D eigenvalue weighted by Crippen LogP contribution is 2.37. The SMILES string of the molecule is CCN(CC)C(=O)[C@]1(C)NC(=O)[C@@H]1c1ccccc1. The van der Waals surface area contributed by atoms with E-state index in [0.717, 1.165) is 5.56 Å². The number of carbonyl (C=O) groups excluding carboxylic acids is 2. The van der Waals surface area contributed by atoms with Gasteiger partial charge in [-0.25, -0.2) is 0 Å². The van der Waals surface area contributed by atoms with Crippen LogP contribution >= 0.6 is 0 Å². The molecular formula is C15H20N2O2. The van der Waals surface area contributed by atoms with Gasteiger partial charge in [-0.3, -0.25) is 9.59 Å². The quantitative estimate of drug-likeness (QED) is 0.835. The van der Waals surface area contributed by atoms with Crippen LogP contribution in [0.3, 0.4) is 0 Å². The lowest BCUT2D eigenvalue weighted by Crippen LogP contribution is -2.72. The predicted octanol–water partition coefficient (Wildman–Crippen LogP) is 1.53. The van der Waals surface area contributed by atoms with Crippen LogP contribution in [-0.2, 0) is 9.59 Å². The van der Waals surface area contributed by atoms with E-state index in [1.807, 2.05) is 51.1 Å². The van der Waals surface area contributed by atoms with E-state index in [1.54, 1.807) is 4.90 Å². The zero-order valence-electron chi connectivity index (χ0n) is 11.6. The van der Waals surface area contributed by atoms with Crippen LogP contribution < -0.4 is 5.32 Å². The van der Waals surface area contributed by atoms with Gasteiger partial charge in [0, 0.05) is 13.1 Å². The van der Waals surface area contributed by atoms with Gasteiger partial charge in [0.25, 0.3) is 0 Å². The molecule has 1 aromatic rings. The second-order valence-corrected chi connectivity index (χ2v) is 5.01. The van der Waals surface area contributed by atoms with Crippen LogP contribution in [-0.4, -0.2) is 35.3 Å². The Morgan fingerprint density at radius 2 is 1.84 bits per heavy atom. The number of benzene rings is 1. The second kappa shape index (κ2) is 5.03. The first-order valence-electron chi connectivity index (χ1n) is 6.71. The molecule has 1 heterocycles. The Balaban J connectivity index is 2.29. The lowest BCUT2D eigenvalue weighted by molar-refractivity contribution is -0.152. The number of β-lactam (4-membered cyclic amide) rings is 1. The molecule has 1 saturated heterocycles. The van der Waals surface area contributed by atoms with Gasteiger partial charge in [-0.1, -0.05) is 30.3 Å². The number of hydrogen-bond donors (Lipinski definition) is 1. The summed E-state index contributed by atoms with van der Waals surface area (Å²) in [6.45, 7) is 7.02. The summed E-state index contributed by atoms with van der Waals surface area (Å²) in [6, 6.07) is 9.49. The van der Waals surface area contributed by atoms with E-state index < -0.39 is 5.54 Å². The summed E-state index contributed by atoms with van der Waals surface area (Å²) in [6.07, 6.45) is 0. The van der Waals surface area contributed by atoms with E-state index in [2.05, 4.69) is 5.32 Å². The fraction of sp³-hybridized carbons (Fsp3) is 0.467. The Morgan fingerprint density at radius 3 is 2.32 bits per heavy atom. The minimum Gasteiger partial charge on any atom is -0.341 e. The molecule has 0 saturated carbocycles. The van der Waals surface area contributed by atoms with Crippen molar-refractivity contribution in [1.29, 1.82) is 0 Å². The molecule has 2 amide bonds. The average Bonchev–Trinajstić information content (AvgIpc) is 2.40. The maximum absolute atomic E-state index is 12.5. The Bertz CT molecular complexity index is 482. The minimum atomic E-state index is -0.815. The molecule has 1 aliphatic rings. The number of carbonyl (C=O) groups is 2. The van der Waals surface area contributed by atoms with Crippen molar-refractivity contribution in [3.05, 3.63) is 35.9 Å². The van der Waals surface area contributed by atoms with Crippen molar-refractivity contribution in [2.24, 2.45) is 0 Å². The summed E-state index contributed by atoms with van der Waals surface area (Å²) in [5.41, 5.74) is 0.0824. The fourth-order valence-corrected chi connectivity index (χ4v) is 2.73. The van der Waals surface area contributed by atoms with E-state index >= 15 is 0 Å². The van der Waals surface area contributed by atoms with Crippen molar-refractivity contribution in [3.63, 3.8) is 0 Å². The standard InChI is InChI=1S/C15H20N2O2/c1-4-17(5-2)14(19)15(3)12(13(18)16-15)11-9-7-6-8-10-11/h6-10,12H,4-5H2,1-3H3,(H,16,18)/t12-,15+/m0/s1. The lowest BCUT2D eigenvalue weighted by Gasteiger charge is -2.47. The smallest absolute Gasteiger partial charge is 0.249 e. The van der Waals surface area contributed by atoms with E-state index in [4.69, 9.17) is 0 Å². The van der Waals surface area contributed by atoms with E-state index in [9.17, 15) is 9.59 Å². The molecule has 19 heavy (non-hydrogen) atoms. The third-order valence-corrected chi connectivity index (χ3v) is 3.85. The van der Waals surface area contributed by atoms with Crippen LogP contribution in [0.2, 0.25) is 0 Å². The van der Waals surface area contributed by atoms with E-state index in [-0.39, 0.29) is 17.7 Å². The van der Waals surface area contributed by atoms with Crippen LogP contribution in [0.5, 0.6) is 0 Å². The monoisotopic (exact) mass is 260 g/mol. The molecule has 0 aliphatic carbocycles. The maximum atomic E-state index is 12.5. The zero-order chi connectivity index (χ0) is 14.0. The first-order chi connectivity index (χ1) is 9.04. The largest absolute Gasteiger partial charge is 0.341 e. The summed E-state index contributed by atoms with van der Waals surface area (Å²) in [7, 11) is 0. The Morgan fingerprint density at radius 1 is 1.26 bits per heavy atom. The number of nitrogens with zero attached hydrogens (tertiary/aromatic N) is 1. The highest BCUT2D eigenvalue weighted by atomic mass is 16.2. The fourth-order valence-electron chi connectivity index (χ4n) is 2.73. The van der Waals surface area contributed by atoms with Gasteiger partial charge in [-0.05, 0) is 26.3 Å². The summed E-state index contributed by atoms with van der Waals surface area (Å²) in [4.78, 5) is 26.2. The molecule has 4 heteroatoms. The van der Waals surface area contributed by atoms with Crippen molar-refractivity contribution < 1.29 is 9.59 Å². The lowest BCUT2D eigenvalue weighted by atomic mass is 9.72. The molecule has 0 aromatic heterocycles. The van der Waals surface area contributed by atoms with Crippen LogP contribution in [0.15, 0.2) is 30.3 Å². The molecule has 0 spiro atoms. The summed E-state index contributed by atoms with van der Waals surface area (Å²) < 4.78 is 0. The van der Waals surface area contributed by atoms with Crippen molar-refractivity contribution in [2.45, 2.75) is 32.2 Å². The number of nitrogens with one attached hydrogen (secondary N) is 1. The highest BCUT2D eigenvalue weighted by Gasteiger charge is 2.56. The Labute approximate surface area is 113 Å². The molecule has 2 atom stereocenters. The van der Waals surface area contributed by atoms with Crippen LogP contribution in [0.1, 0.15) is 32.3 Å². The third kappa shape index (κ3) is 2.11. The van der Waals surface area contributed by atoms with Gasteiger partial charge < -0.3 is 10.2 Å². The second-order valence-electron chi connectivity index (χ2n) is 5.01. The topological polar surface area (TPSA) is 49.4 Å². The normalized spacial score (nSPS) is 25.4. The van der Waals surface area contributed by atoms with Gasteiger partial charge in [0.1, 0.15) is 5.54 Å². The van der Waals surface area contributed by atoms with Crippen LogP contribution in [0.25, 0.3) is 0 Å². The van der Waals surface area contributed by atoms with Crippen LogP contribution in [0, 0.1) is 0 Å². The summed E-state index contributed by atoms with van der Waals surface area (Å²) in [5.74, 6) is -0.470. The predicted molar refractivity (Wildman–Crippen MR) is 73.7 cm³/mol. The van der Waals surface area contributed by atoms with E-state index in [0.29, 0.717) is 13.1 Å². The van der Waals surface area contributed by atoms with Gasteiger partial charge in [-0.15, -0.1) is 0 Å². The van der Waals surface area contributed by atoms with Gasteiger partial charge in [0.2, 0.25) is 11.8 Å². The molecular weight excluding hydrogens is 240 g/mol. The average molecular weight is 260 g/mol. The Hall–Kier alpha value is -1.84. The summed E-state index contributed by atoms with van der Waals surface area (Å²) >= 11 is 0. The molecule has 0 bridgehead atoms. The third-order valence-electron chi connectivity index (χ3n) is 3.85. The van der Waals surface area contributed by atoms with Gasteiger partial charge in [0.05, 0.1) is 5.92 Å². The molecule has 1 aliphatic heterocycles. The molecule has 102 valence electrons. The molecule has 0 unspecified atom stereocenters. The number of hydrogen-bond acceptors (Lipinski definition) is 2. The first kappa shape index (κ1) is 13.6. The molecule has 4 nitrogen and oxygen atoms in total. The van der Waals surface area contributed by atoms with E-state index in [1.165, 1.54) is 0 Å². The van der Waals surface area contributed by atoms with Crippen molar-refractivity contribution in [3.8, 4) is 0 Å². The molecule has 1 fully saturated rings. The highest BCUT2D eigenvalue weighted by molar-refractivity contribution is 6.06. The zero-order valence-corrected chi connectivity index (χ0v) is 11.6. The van der Waals surface area contributed by atoms with Crippen molar-refractivity contribution in [1.82, 2.24) is 10.2 Å². The molecule has 0 radical (unpaired) electrons. The van der Waals surface area contributed by atoms with Crippen LogP contribution in [0.4, 0.5) is 0 Å². The van der Waals surface area contributed by atoms with Gasteiger partial charge in [0.15, 0.2) is 0 Å². The molecule has 2 rings (SSSR count). The van der Waals surface area contributed by atoms with Crippen molar-refractivity contribution in [2.75, 3.05) is 13.1 Å². The summed E-state index contributed by atoms with van der Waals surface area (Å²) in [5, 5.41) is 2.79. The van der Waals surface area contributed by atoms with Crippen molar-refractivity contribution >= 4 is 11.8 Å². The molecule has 1 aromatic carbocycles. The minimum absolute atomic E-state index is 0.00838. The van der Waals surface area contributed by atoms with Gasteiger partial charge >= 0.3 is 0 Å². The first-order valence-corrected chi connectivity index (χ1v) is 6.71. The number of amides is 2.